The number of piperazine rings is 1. The van der Waals surface area contributed by atoms with Gasteiger partial charge in [-0.3, -0.25) is 14.7 Å². The van der Waals surface area contributed by atoms with Crippen LogP contribution in [0.1, 0.15) is 35.7 Å². The number of urea groups is 1. The van der Waals surface area contributed by atoms with E-state index in [0.29, 0.717) is 47.0 Å². The predicted molar refractivity (Wildman–Crippen MR) is 142 cm³/mol. The van der Waals surface area contributed by atoms with Crippen LogP contribution in [0.15, 0.2) is 71.9 Å². The van der Waals surface area contributed by atoms with E-state index < -0.39 is 12.1 Å². The third-order valence-corrected chi connectivity index (χ3v) is 6.80. The molecular weight excluding hydrogens is 513 g/mol. The van der Waals surface area contributed by atoms with Crippen molar-refractivity contribution in [3.63, 3.8) is 0 Å². The number of halogens is 2. The van der Waals surface area contributed by atoms with E-state index in [9.17, 15) is 9.59 Å². The molecule has 2 atom stereocenters. The Bertz CT molecular complexity index is 1330. The fourth-order valence-electron chi connectivity index (χ4n) is 4.62. The van der Waals surface area contributed by atoms with Crippen molar-refractivity contribution in [1.82, 2.24) is 20.1 Å². The van der Waals surface area contributed by atoms with Crippen molar-refractivity contribution in [3.8, 4) is 5.88 Å². The van der Waals surface area contributed by atoms with E-state index in [1.807, 2.05) is 37.3 Å². The van der Waals surface area contributed by atoms with Gasteiger partial charge >= 0.3 is 6.03 Å². The summed E-state index contributed by atoms with van der Waals surface area (Å²) >= 11 is 12.4. The Kier molecular flexibility index (Phi) is 7.30. The lowest BCUT2D eigenvalue weighted by molar-refractivity contribution is -0.123. The standard InChI is InChI=1S/C27H25Cl2N5O3/c1-2-37-26-21(4-3-13-31-26)25-32-23(17-5-9-19(28)10-6-17)24(18-7-11-20(29)12-8-18)34(25)27(36)33-15-14-30-22(35)16-33/h3-13,23-24H,2,14-16H2,1H3,(H,30,35)/t23-,24+/m0/s1. The Morgan fingerprint density at radius 2 is 1.73 bits per heavy atom. The first-order chi connectivity index (χ1) is 18.0. The van der Waals surface area contributed by atoms with Gasteiger partial charge in [0.2, 0.25) is 11.8 Å². The van der Waals surface area contributed by atoms with Gasteiger partial charge in [-0.2, -0.15) is 0 Å². The lowest BCUT2D eigenvalue weighted by Gasteiger charge is -2.35. The van der Waals surface area contributed by atoms with Crippen molar-refractivity contribution in [3.05, 3.63) is 93.6 Å². The van der Waals surface area contributed by atoms with Gasteiger partial charge in [0.1, 0.15) is 18.4 Å². The van der Waals surface area contributed by atoms with E-state index in [1.165, 1.54) is 4.90 Å². The minimum Gasteiger partial charge on any atom is -0.477 e. The molecule has 0 spiro atoms. The quantitative estimate of drug-likeness (QED) is 0.502. The largest absolute Gasteiger partial charge is 0.477 e. The van der Waals surface area contributed by atoms with E-state index in [0.717, 1.165) is 11.1 Å². The number of amidine groups is 1. The van der Waals surface area contributed by atoms with Gasteiger partial charge in [0, 0.05) is 29.3 Å². The van der Waals surface area contributed by atoms with E-state index in [4.69, 9.17) is 32.9 Å². The fourth-order valence-corrected chi connectivity index (χ4v) is 4.87. The van der Waals surface area contributed by atoms with Gasteiger partial charge in [0.05, 0.1) is 18.2 Å². The molecule has 1 saturated heterocycles. The number of carbonyl (C=O) groups excluding carboxylic acids is 2. The van der Waals surface area contributed by atoms with Crippen molar-refractivity contribution in [2.45, 2.75) is 19.0 Å². The maximum absolute atomic E-state index is 14.2. The molecule has 10 heteroatoms. The smallest absolute Gasteiger partial charge is 0.326 e. The van der Waals surface area contributed by atoms with Crippen LogP contribution in [0, 0.1) is 0 Å². The first-order valence-electron chi connectivity index (χ1n) is 12.0. The number of nitrogens with zero attached hydrogens (tertiary/aromatic N) is 4. The zero-order valence-corrected chi connectivity index (χ0v) is 21.6. The van der Waals surface area contributed by atoms with Crippen LogP contribution in [0.25, 0.3) is 0 Å². The van der Waals surface area contributed by atoms with Gasteiger partial charge < -0.3 is 15.0 Å². The zero-order chi connectivity index (χ0) is 25.9. The fraction of sp³-hybridized carbons (Fsp3) is 0.259. The summed E-state index contributed by atoms with van der Waals surface area (Å²) in [4.78, 5) is 39.0. The average molecular weight is 538 g/mol. The van der Waals surface area contributed by atoms with E-state index >= 15 is 0 Å². The average Bonchev–Trinajstić information content (AvgIpc) is 3.30. The number of amides is 3. The second-order valence-electron chi connectivity index (χ2n) is 8.66. The minimum absolute atomic E-state index is 0.0348. The van der Waals surface area contributed by atoms with Gasteiger partial charge in [-0.15, -0.1) is 0 Å². The number of hydrogen-bond acceptors (Lipinski definition) is 5. The number of aliphatic imine (C=N–C) groups is 1. The SMILES string of the molecule is CCOc1ncccc1C1=N[C@@H](c2ccc(Cl)cc2)[C@@H](c2ccc(Cl)cc2)N1C(=O)N1CCNC(=O)C1. The normalized spacial score (nSPS) is 19.4. The molecule has 2 aliphatic rings. The van der Waals surface area contributed by atoms with E-state index in [1.54, 1.807) is 41.4 Å². The molecule has 1 fully saturated rings. The lowest BCUT2D eigenvalue weighted by Crippen LogP contribution is -2.55. The molecular formula is C27H25Cl2N5O3. The molecule has 2 aromatic carbocycles. The highest BCUT2D eigenvalue weighted by molar-refractivity contribution is 6.30. The molecule has 1 N–H and O–H groups in total. The topological polar surface area (TPSA) is 87.1 Å². The monoisotopic (exact) mass is 537 g/mol. The Labute approximate surface area is 224 Å². The Hall–Kier alpha value is -3.62. The van der Waals surface area contributed by atoms with Gasteiger partial charge in [0.25, 0.3) is 0 Å². The maximum atomic E-state index is 14.2. The molecule has 0 aliphatic carbocycles. The van der Waals surface area contributed by atoms with Crippen molar-refractivity contribution < 1.29 is 14.3 Å². The van der Waals surface area contributed by atoms with Crippen LogP contribution in [0.5, 0.6) is 5.88 Å². The van der Waals surface area contributed by atoms with Crippen LogP contribution in [0.3, 0.4) is 0 Å². The summed E-state index contributed by atoms with van der Waals surface area (Å²) in [5.41, 5.74) is 2.32. The number of ether oxygens (including phenoxy) is 1. The molecule has 0 bridgehead atoms. The highest BCUT2D eigenvalue weighted by atomic mass is 35.5. The lowest BCUT2D eigenvalue weighted by atomic mass is 9.93. The van der Waals surface area contributed by atoms with Crippen LogP contribution >= 0.6 is 23.2 Å². The van der Waals surface area contributed by atoms with Crippen molar-refractivity contribution in [2.75, 3.05) is 26.2 Å². The molecule has 3 amide bonds. The van der Waals surface area contributed by atoms with Crippen molar-refractivity contribution in [1.29, 1.82) is 0 Å². The first-order valence-corrected chi connectivity index (χ1v) is 12.7. The van der Waals surface area contributed by atoms with Crippen molar-refractivity contribution in [2.24, 2.45) is 4.99 Å². The van der Waals surface area contributed by atoms with E-state index in [-0.39, 0.29) is 18.5 Å². The molecule has 0 unspecified atom stereocenters. The van der Waals surface area contributed by atoms with Gasteiger partial charge in [0.15, 0.2) is 0 Å². The second kappa shape index (κ2) is 10.8. The van der Waals surface area contributed by atoms with Crippen LogP contribution in [-0.4, -0.2) is 58.8 Å². The summed E-state index contributed by atoms with van der Waals surface area (Å²) < 4.78 is 5.81. The number of carbonyl (C=O) groups is 2. The molecule has 3 heterocycles. The molecule has 8 nitrogen and oxygen atoms in total. The third-order valence-electron chi connectivity index (χ3n) is 6.30. The molecule has 37 heavy (non-hydrogen) atoms. The predicted octanol–water partition coefficient (Wildman–Crippen LogP) is 4.88. The summed E-state index contributed by atoms with van der Waals surface area (Å²) in [5.74, 6) is 0.600. The molecule has 0 radical (unpaired) electrons. The van der Waals surface area contributed by atoms with Crippen LogP contribution < -0.4 is 10.1 Å². The van der Waals surface area contributed by atoms with Crippen LogP contribution in [0.2, 0.25) is 10.0 Å². The summed E-state index contributed by atoms with van der Waals surface area (Å²) in [6.07, 6.45) is 1.64. The minimum atomic E-state index is -0.513. The van der Waals surface area contributed by atoms with Crippen LogP contribution in [0.4, 0.5) is 4.79 Å². The van der Waals surface area contributed by atoms with Crippen LogP contribution in [-0.2, 0) is 4.79 Å². The Morgan fingerprint density at radius 1 is 1.05 bits per heavy atom. The summed E-state index contributed by atoms with van der Waals surface area (Å²) in [6.45, 7) is 3.01. The zero-order valence-electron chi connectivity index (χ0n) is 20.1. The molecule has 190 valence electrons. The maximum Gasteiger partial charge on any atom is 0.326 e. The summed E-state index contributed by atoms with van der Waals surface area (Å²) in [5, 5.41) is 3.97. The molecule has 0 saturated carbocycles. The number of hydrogen-bond donors (Lipinski definition) is 1. The number of pyridine rings is 1. The van der Waals surface area contributed by atoms with Crippen molar-refractivity contribution >= 4 is 41.0 Å². The second-order valence-corrected chi connectivity index (χ2v) is 9.53. The first kappa shape index (κ1) is 25.0. The van der Waals surface area contributed by atoms with Gasteiger partial charge in [-0.05, 0) is 54.4 Å². The number of aromatic nitrogens is 1. The highest BCUT2D eigenvalue weighted by Crippen LogP contribution is 2.45. The highest BCUT2D eigenvalue weighted by Gasteiger charge is 2.45. The molecule has 1 aromatic heterocycles. The third kappa shape index (κ3) is 5.12. The number of rotatable bonds is 5. The molecule has 2 aliphatic heterocycles. The summed E-state index contributed by atoms with van der Waals surface area (Å²) in [6, 6.07) is 17.1. The summed E-state index contributed by atoms with van der Waals surface area (Å²) in [7, 11) is 0. The van der Waals surface area contributed by atoms with E-state index in [2.05, 4.69) is 10.3 Å². The Morgan fingerprint density at radius 3 is 2.38 bits per heavy atom. The Balaban J connectivity index is 1.69. The van der Waals surface area contributed by atoms with Gasteiger partial charge in [-0.25, -0.2) is 9.78 Å². The van der Waals surface area contributed by atoms with Gasteiger partial charge in [-0.1, -0.05) is 47.5 Å². The number of benzene rings is 2. The molecule has 3 aromatic rings. The number of nitrogens with one attached hydrogen (secondary N) is 1. The molecule has 5 rings (SSSR count).